The van der Waals surface area contributed by atoms with Gasteiger partial charge in [-0.2, -0.15) is 5.10 Å². The van der Waals surface area contributed by atoms with E-state index in [1.165, 1.54) is 5.56 Å². The van der Waals surface area contributed by atoms with Gasteiger partial charge in [-0.3, -0.25) is 9.69 Å². The Hall–Kier alpha value is -3.12. The Balaban J connectivity index is 1.67. The van der Waals surface area contributed by atoms with Crippen molar-refractivity contribution in [3.8, 4) is 11.4 Å². The summed E-state index contributed by atoms with van der Waals surface area (Å²) < 4.78 is 7.32. The van der Waals surface area contributed by atoms with Crippen LogP contribution in [-0.2, 0) is 11.3 Å². The van der Waals surface area contributed by atoms with E-state index < -0.39 is 0 Å². The number of likely N-dealkylation sites (N-methyl/N-ethyl adjacent to an activating group) is 1. The van der Waals surface area contributed by atoms with Gasteiger partial charge in [-0.25, -0.2) is 4.68 Å². The molecule has 0 aliphatic heterocycles. The molecule has 0 unspecified atom stereocenters. The maximum absolute atomic E-state index is 12.7. The molecule has 1 N–H and O–H groups in total. The summed E-state index contributed by atoms with van der Waals surface area (Å²) in [6.07, 6.45) is 0. The minimum Gasteiger partial charge on any atom is -0.496 e. The zero-order valence-corrected chi connectivity index (χ0v) is 19.5. The van der Waals surface area contributed by atoms with Gasteiger partial charge in [-0.1, -0.05) is 29.8 Å². The largest absolute Gasteiger partial charge is 0.496 e. The van der Waals surface area contributed by atoms with Gasteiger partial charge in [0, 0.05) is 6.54 Å². The summed E-state index contributed by atoms with van der Waals surface area (Å²) in [6.45, 7) is 11.0. The molecule has 1 amide bonds. The summed E-state index contributed by atoms with van der Waals surface area (Å²) in [6, 6.07) is 12.4. The van der Waals surface area contributed by atoms with E-state index in [1.807, 2.05) is 56.5 Å². The topological polar surface area (TPSA) is 59.4 Å². The highest BCUT2D eigenvalue weighted by atomic mass is 16.5. The predicted molar refractivity (Wildman–Crippen MR) is 125 cm³/mol. The predicted octanol–water partition coefficient (Wildman–Crippen LogP) is 4.49. The lowest BCUT2D eigenvalue weighted by Gasteiger charge is -2.18. The first-order valence-electron chi connectivity index (χ1n) is 10.5. The van der Waals surface area contributed by atoms with Crippen LogP contribution in [-0.4, -0.2) is 41.3 Å². The Morgan fingerprint density at radius 2 is 1.68 bits per heavy atom. The number of benzene rings is 2. The van der Waals surface area contributed by atoms with Gasteiger partial charge in [0.15, 0.2) is 0 Å². The molecular weight excluding hydrogens is 388 g/mol. The number of aromatic nitrogens is 2. The summed E-state index contributed by atoms with van der Waals surface area (Å²) in [5.74, 6) is 0.861. The number of hydrogen-bond donors (Lipinski definition) is 1. The molecule has 6 heteroatoms. The number of hydrogen-bond acceptors (Lipinski definition) is 4. The van der Waals surface area contributed by atoms with Crippen LogP contribution in [0, 0.1) is 34.6 Å². The van der Waals surface area contributed by atoms with Crippen LogP contribution in [0.1, 0.15) is 33.6 Å². The van der Waals surface area contributed by atoms with Crippen molar-refractivity contribution in [3.63, 3.8) is 0 Å². The van der Waals surface area contributed by atoms with Crippen molar-refractivity contribution in [2.75, 3.05) is 26.0 Å². The van der Waals surface area contributed by atoms with Gasteiger partial charge < -0.3 is 10.1 Å². The number of anilines is 1. The molecule has 0 radical (unpaired) electrons. The van der Waals surface area contributed by atoms with Crippen molar-refractivity contribution in [2.24, 2.45) is 0 Å². The molecule has 31 heavy (non-hydrogen) atoms. The second-order valence-electron chi connectivity index (χ2n) is 8.28. The number of carbonyl (C=O) groups is 1. The van der Waals surface area contributed by atoms with Crippen molar-refractivity contribution in [1.82, 2.24) is 14.7 Å². The van der Waals surface area contributed by atoms with Crippen LogP contribution < -0.4 is 10.1 Å². The van der Waals surface area contributed by atoms with Crippen LogP contribution in [0.25, 0.3) is 5.69 Å². The van der Waals surface area contributed by atoms with Gasteiger partial charge in [-0.15, -0.1) is 0 Å². The molecule has 0 fully saturated rings. The number of nitrogens with one attached hydrogen (secondary N) is 1. The van der Waals surface area contributed by atoms with E-state index in [1.54, 1.807) is 7.11 Å². The lowest BCUT2D eigenvalue weighted by atomic mass is 10.1. The molecule has 0 bridgehead atoms. The monoisotopic (exact) mass is 420 g/mol. The van der Waals surface area contributed by atoms with Gasteiger partial charge in [0.1, 0.15) is 5.75 Å². The van der Waals surface area contributed by atoms with Gasteiger partial charge in [0.25, 0.3) is 0 Å². The quantitative estimate of drug-likeness (QED) is 0.612. The molecule has 3 rings (SSSR count). The standard InChI is InChI=1S/C25H32N4O2/c1-16-8-10-22(11-9-16)29-20(5)24(19(4)27-29)26-23(30)15-28(6)14-21-12-17(2)25(31-7)18(3)13-21/h8-13H,14-15H2,1-7H3,(H,26,30). The van der Waals surface area contributed by atoms with Crippen molar-refractivity contribution in [2.45, 2.75) is 41.2 Å². The van der Waals surface area contributed by atoms with E-state index in [0.29, 0.717) is 13.1 Å². The molecule has 2 aromatic carbocycles. The third kappa shape index (κ3) is 5.14. The zero-order chi connectivity index (χ0) is 22.7. The van der Waals surface area contributed by atoms with E-state index in [0.717, 1.165) is 45.2 Å². The summed E-state index contributed by atoms with van der Waals surface area (Å²) in [5, 5.41) is 7.68. The molecule has 0 aliphatic carbocycles. The number of rotatable bonds is 7. The van der Waals surface area contributed by atoms with Crippen LogP contribution in [0.3, 0.4) is 0 Å². The van der Waals surface area contributed by atoms with Crippen molar-refractivity contribution < 1.29 is 9.53 Å². The third-order valence-corrected chi connectivity index (χ3v) is 5.42. The fourth-order valence-corrected chi connectivity index (χ4v) is 4.01. The van der Waals surface area contributed by atoms with E-state index in [-0.39, 0.29) is 5.91 Å². The molecule has 1 aromatic heterocycles. The lowest BCUT2D eigenvalue weighted by Crippen LogP contribution is -2.30. The van der Waals surface area contributed by atoms with E-state index in [4.69, 9.17) is 4.74 Å². The first kappa shape index (κ1) is 22.6. The normalized spacial score (nSPS) is 11.1. The lowest BCUT2D eigenvalue weighted by molar-refractivity contribution is -0.117. The van der Waals surface area contributed by atoms with Gasteiger partial charge >= 0.3 is 0 Å². The molecule has 0 atom stereocenters. The second-order valence-corrected chi connectivity index (χ2v) is 8.28. The highest BCUT2D eigenvalue weighted by Crippen LogP contribution is 2.25. The molecule has 1 heterocycles. The first-order chi connectivity index (χ1) is 14.7. The molecule has 0 saturated carbocycles. The smallest absolute Gasteiger partial charge is 0.238 e. The Morgan fingerprint density at radius 1 is 1.06 bits per heavy atom. The summed E-state index contributed by atoms with van der Waals surface area (Å²) in [5.41, 5.74) is 8.03. The third-order valence-electron chi connectivity index (χ3n) is 5.42. The average molecular weight is 421 g/mol. The second kappa shape index (κ2) is 9.35. The van der Waals surface area contributed by atoms with E-state index in [2.05, 4.69) is 41.6 Å². The molecule has 0 saturated heterocycles. The number of aryl methyl sites for hydroxylation is 4. The summed E-state index contributed by atoms with van der Waals surface area (Å²) >= 11 is 0. The summed E-state index contributed by atoms with van der Waals surface area (Å²) in [4.78, 5) is 14.7. The van der Waals surface area contributed by atoms with E-state index in [9.17, 15) is 4.79 Å². The highest BCUT2D eigenvalue weighted by molar-refractivity contribution is 5.93. The molecule has 164 valence electrons. The Labute approximate surface area is 184 Å². The van der Waals surface area contributed by atoms with Crippen LogP contribution in [0.15, 0.2) is 36.4 Å². The molecule has 0 spiro atoms. The van der Waals surface area contributed by atoms with Crippen molar-refractivity contribution in [1.29, 1.82) is 0 Å². The molecule has 6 nitrogen and oxygen atoms in total. The average Bonchev–Trinajstić information content (AvgIpc) is 2.96. The number of methoxy groups -OCH3 is 1. The number of nitrogens with zero attached hydrogens (tertiary/aromatic N) is 3. The van der Waals surface area contributed by atoms with Gasteiger partial charge in [0.05, 0.1) is 36.4 Å². The van der Waals surface area contributed by atoms with Crippen LogP contribution >= 0.6 is 0 Å². The SMILES string of the molecule is COc1c(C)cc(CN(C)CC(=O)Nc2c(C)nn(-c3ccc(C)cc3)c2C)cc1C. The molecule has 0 aliphatic rings. The zero-order valence-electron chi connectivity index (χ0n) is 19.5. The van der Waals surface area contributed by atoms with Crippen LogP contribution in [0.2, 0.25) is 0 Å². The number of carbonyl (C=O) groups excluding carboxylic acids is 1. The number of amides is 1. The molecule has 3 aromatic rings. The minimum atomic E-state index is -0.0564. The minimum absolute atomic E-state index is 0.0564. The fraction of sp³-hybridized carbons (Fsp3) is 0.360. The fourth-order valence-electron chi connectivity index (χ4n) is 4.01. The molecular formula is C25H32N4O2. The highest BCUT2D eigenvalue weighted by Gasteiger charge is 2.16. The van der Waals surface area contributed by atoms with Crippen LogP contribution in [0.4, 0.5) is 5.69 Å². The number of ether oxygens (including phenoxy) is 1. The Bertz CT molecular complexity index is 1060. The first-order valence-corrected chi connectivity index (χ1v) is 10.5. The van der Waals surface area contributed by atoms with Crippen LogP contribution in [0.5, 0.6) is 5.75 Å². The van der Waals surface area contributed by atoms with Crippen molar-refractivity contribution in [3.05, 3.63) is 70.0 Å². The summed E-state index contributed by atoms with van der Waals surface area (Å²) in [7, 11) is 3.64. The Morgan fingerprint density at radius 3 is 2.26 bits per heavy atom. The van der Waals surface area contributed by atoms with E-state index >= 15 is 0 Å². The Kier molecular flexibility index (Phi) is 6.81. The van der Waals surface area contributed by atoms with Crippen molar-refractivity contribution >= 4 is 11.6 Å². The maximum atomic E-state index is 12.7. The van der Waals surface area contributed by atoms with Gasteiger partial charge in [0.2, 0.25) is 5.91 Å². The van der Waals surface area contributed by atoms with Gasteiger partial charge in [-0.05, 0) is 70.5 Å². The maximum Gasteiger partial charge on any atom is 0.238 e.